The molecular formula is C47H91NO5. The minimum absolute atomic E-state index is 0.0796. The fourth-order valence-corrected chi connectivity index (χ4v) is 7.25. The van der Waals surface area contributed by atoms with Crippen molar-refractivity contribution in [1.29, 1.82) is 0 Å². The zero-order valence-corrected chi connectivity index (χ0v) is 35.7. The van der Waals surface area contributed by atoms with Crippen LogP contribution in [-0.2, 0) is 14.3 Å². The number of unbranched alkanes of at least 4 members (excludes halogenated alkanes) is 28. The molecule has 0 saturated heterocycles. The number of esters is 1. The van der Waals surface area contributed by atoms with Gasteiger partial charge in [0.05, 0.1) is 25.2 Å². The Morgan fingerprint density at radius 2 is 0.906 bits per heavy atom. The van der Waals surface area contributed by atoms with Gasteiger partial charge in [0.2, 0.25) is 5.91 Å². The first kappa shape index (κ1) is 51.6. The van der Waals surface area contributed by atoms with Gasteiger partial charge < -0.3 is 20.3 Å². The average molecular weight is 750 g/mol. The number of aliphatic hydroxyl groups is 2. The summed E-state index contributed by atoms with van der Waals surface area (Å²) in [4.78, 5) is 25.9. The van der Waals surface area contributed by atoms with Crippen molar-refractivity contribution in [3.05, 3.63) is 12.2 Å². The Kier molecular flexibility index (Phi) is 40.7. The van der Waals surface area contributed by atoms with Crippen molar-refractivity contribution >= 4 is 11.9 Å². The van der Waals surface area contributed by atoms with E-state index in [-0.39, 0.29) is 24.9 Å². The van der Waals surface area contributed by atoms with Gasteiger partial charge in [-0.1, -0.05) is 200 Å². The molecule has 1 amide bonds. The Balaban J connectivity index is 4.44. The van der Waals surface area contributed by atoms with E-state index in [0.29, 0.717) is 19.3 Å². The lowest BCUT2D eigenvalue weighted by molar-refractivity contribution is -0.151. The Bertz CT molecular complexity index is 802. The van der Waals surface area contributed by atoms with Crippen LogP contribution in [0.25, 0.3) is 0 Å². The van der Waals surface area contributed by atoms with Crippen molar-refractivity contribution in [1.82, 2.24) is 5.32 Å². The summed E-state index contributed by atoms with van der Waals surface area (Å²) in [6.45, 7) is 6.44. The molecule has 0 aliphatic heterocycles. The smallest absolute Gasteiger partial charge is 0.306 e. The molecule has 0 aromatic heterocycles. The molecule has 314 valence electrons. The Hall–Kier alpha value is -1.40. The van der Waals surface area contributed by atoms with E-state index in [1.165, 1.54) is 154 Å². The van der Waals surface area contributed by atoms with E-state index < -0.39 is 18.2 Å². The number of carbonyl (C=O) groups excluding carboxylic acids is 2. The third-order valence-electron chi connectivity index (χ3n) is 10.8. The maximum Gasteiger partial charge on any atom is 0.306 e. The van der Waals surface area contributed by atoms with Crippen LogP contribution in [0, 0.1) is 0 Å². The first-order chi connectivity index (χ1) is 26.0. The number of ether oxygens (including phenoxy) is 1. The minimum atomic E-state index is -0.781. The number of nitrogens with one attached hydrogen (secondary N) is 1. The summed E-state index contributed by atoms with van der Waals surface area (Å²) in [5, 5.41) is 23.6. The highest BCUT2D eigenvalue weighted by Crippen LogP contribution is 2.18. The number of rotatable bonds is 42. The third kappa shape index (κ3) is 37.3. The van der Waals surface area contributed by atoms with Crippen LogP contribution in [0.2, 0.25) is 0 Å². The van der Waals surface area contributed by atoms with Gasteiger partial charge in [-0.05, 0) is 51.4 Å². The highest BCUT2D eigenvalue weighted by atomic mass is 16.5. The van der Waals surface area contributed by atoms with Gasteiger partial charge in [-0.25, -0.2) is 0 Å². The number of allylic oxidation sites excluding steroid dienone is 2. The van der Waals surface area contributed by atoms with E-state index >= 15 is 0 Å². The summed E-state index contributed by atoms with van der Waals surface area (Å²) in [6.07, 6.45) is 44.2. The topological polar surface area (TPSA) is 95.9 Å². The normalized spacial score (nSPS) is 13.4. The van der Waals surface area contributed by atoms with Gasteiger partial charge in [0.25, 0.3) is 0 Å². The molecule has 0 rings (SSSR count). The molecule has 6 heteroatoms. The highest BCUT2D eigenvalue weighted by Gasteiger charge is 2.24. The van der Waals surface area contributed by atoms with Gasteiger partial charge in [-0.2, -0.15) is 0 Å². The number of aliphatic hydroxyl groups excluding tert-OH is 2. The molecule has 6 nitrogen and oxygen atoms in total. The van der Waals surface area contributed by atoms with Crippen molar-refractivity contribution in [2.75, 3.05) is 6.61 Å². The first-order valence-electron chi connectivity index (χ1n) is 23.4. The molecule has 3 N–H and O–H groups in total. The second-order valence-electron chi connectivity index (χ2n) is 16.2. The molecule has 3 unspecified atom stereocenters. The van der Waals surface area contributed by atoms with Crippen molar-refractivity contribution in [3.63, 3.8) is 0 Å². The predicted molar refractivity (Wildman–Crippen MR) is 227 cm³/mol. The van der Waals surface area contributed by atoms with Crippen LogP contribution in [0.5, 0.6) is 0 Å². The first-order valence-corrected chi connectivity index (χ1v) is 23.4. The van der Waals surface area contributed by atoms with Gasteiger partial charge in [-0.15, -0.1) is 0 Å². The van der Waals surface area contributed by atoms with Gasteiger partial charge >= 0.3 is 5.97 Å². The van der Waals surface area contributed by atoms with Crippen LogP contribution in [0.1, 0.15) is 252 Å². The highest BCUT2D eigenvalue weighted by molar-refractivity contribution is 5.77. The van der Waals surface area contributed by atoms with E-state index in [9.17, 15) is 19.8 Å². The number of hydrogen-bond donors (Lipinski definition) is 3. The molecule has 3 atom stereocenters. The van der Waals surface area contributed by atoms with E-state index in [0.717, 1.165) is 51.4 Å². The second kappa shape index (κ2) is 41.8. The van der Waals surface area contributed by atoms with Gasteiger partial charge in [0.15, 0.2) is 0 Å². The fraction of sp³-hybridized carbons (Fsp3) is 0.915. The third-order valence-corrected chi connectivity index (χ3v) is 10.8. The van der Waals surface area contributed by atoms with Crippen LogP contribution in [0.15, 0.2) is 12.2 Å². The Morgan fingerprint density at radius 3 is 1.38 bits per heavy atom. The van der Waals surface area contributed by atoms with Crippen molar-refractivity contribution < 1.29 is 24.5 Å². The summed E-state index contributed by atoms with van der Waals surface area (Å²) < 4.78 is 5.88. The zero-order chi connectivity index (χ0) is 38.9. The second-order valence-corrected chi connectivity index (χ2v) is 16.2. The van der Waals surface area contributed by atoms with Crippen LogP contribution in [0.4, 0.5) is 0 Å². The molecule has 0 aromatic carbocycles. The van der Waals surface area contributed by atoms with Gasteiger partial charge in [-0.3, -0.25) is 9.59 Å². The van der Waals surface area contributed by atoms with Crippen molar-refractivity contribution in [2.45, 2.75) is 270 Å². The molecule has 0 aliphatic carbocycles. The van der Waals surface area contributed by atoms with Crippen molar-refractivity contribution in [3.8, 4) is 0 Å². The molecule has 0 fully saturated rings. The molecule has 53 heavy (non-hydrogen) atoms. The molecule has 0 saturated carbocycles. The monoisotopic (exact) mass is 750 g/mol. The van der Waals surface area contributed by atoms with Crippen LogP contribution in [0.3, 0.4) is 0 Å². The molecule has 0 bridgehead atoms. The van der Waals surface area contributed by atoms with Crippen LogP contribution in [-0.4, -0.2) is 46.9 Å². The van der Waals surface area contributed by atoms with E-state index in [4.69, 9.17) is 4.74 Å². The summed E-state index contributed by atoms with van der Waals surface area (Å²) in [7, 11) is 0. The Labute approximate surface area is 329 Å². The van der Waals surface area contributed by atoms with E-state index in [2.05, 4.69) is 38.2 Å². The summed E-state index contributed by atoms with van der Waals surface area (Å²) in [6, 6.07) is -0.694. The summed E-state index contributed by atoms with van der Waals surface area (Å²) >= 11 is 0. The quantitative estimate of drug-likeness (QED) is 0.0328. The lowest BCUT2D eigenvalue weighted by atomic mass is 10.0. The standard InChI is InChI=1S/C47H91NO5/c1-4-7-10-13-16-19-21-23-24-25-27-30-33-36-39-45(50)44(42-49)48-46(51)41-43(38-35-32-29-18-15-12-9-6-3)53-47(52)40-37-34-31-28-26-22-20-17-14-11-8-5-2/h17,20,43-45,49-50H,4-16,18-19,21-42H2,1-3H3,(H,48,51)/b20-17-. The molecule has 0 radical (unpaired) electrons. The van der Waals surface area contributed by atoms with Crippen LogP contribution >= 0.6 is 0 Å². The maximum atomic E-state index is 13.1. The van der Waals surface area contributed by atoms with Gasteiger partial charge in [0, 0.05) is 6.42 Å². The van der Waals surface area contributed by atoms with E-state index in [1.807, 2.05) is 0 Å². The number of amides is 1. The largest absolute Gasteiger partial charge is 0.462 e. The zero-order valence-electron chi connectivity index (χ0n) is 35.7. The van der Waals surface area contributed by atoms with Gasteiger partial charge in [0.1, 0.15) is 6.10 Å². The van der Waals surface area contributed by atoms with Crippen LogP contribution < -0.4 is 5.32 Å². The summed E-state index contributed by atoms with van der Waals surface area (Å²) in [5.41, 5.74) is 0. The summed E-state index contributed by atoms with van der Waals surface area (Å²) in [5.74, 6) is -0.477. The lowest BCUT2D eigenvalue weighted by Crippen LogP contribution is -2.46. The molecule has 0 aliphatic rings. The van der Waals surface area contributed by atoms with E-state index in [1.54, 1.807) is 0 Å². The Morgan fingerprint density at radius 1 is 0.528 bits per heavy atom. The molecule has 0 heterocycles. The van der Waals surface area contributed by atoms with Crippen molar-refractivity contribution in [2.24, 2.45) is 0 Å². The maximum absolute atomic E-state index is 13.1. The number of carbonyl (C=O) groups is 2. The predicted octanol–water partition coefficient (Wildman–Crippen LogP) is 13.4. The number of hydrogen-bond acceptors (Lipinski definition) is 5. The average Bonchev–Trinajstić information content (AvgIpc) is 3.15. The lowest BCUT2D eigenvalue weighted by Gasteiger charge is -2.24. The molecule has 0 aromatic rings. The molecule has 0 spiro atoms. The minimum Gasteiger partial charge on any atom is -0.462 e. The fourth-order valence-electron chi connectivity index (χ4n) is 7.25. The SMILES string of the molecule is CCCCC/C=C\CCCCCCCC(=O)OC(CCCCCCCCCC)CC(=O)NC(CO)C(O)CCCCCCCCCCCCCCCC. The molecular weight excluding hydrogens is 659 g/mol.